The molecule has 140 valence electrons. The van der Waals surface area contributed by atoms with Crippen molar-refractivity contribution < 1.29 is 13.2 Å². The number of hydrogen-bond donors (Lipinski definition) is 2. The summed E-state index contributed by atoms with van der Waals surface area (Å²) in [6, 6.07) is 14.8. The number of aryl methyl sites for hydroxylation is 2. The SMILES string of the molecule is Cc1ccc(C)c(S(=O)(=O)NCCNC(=O)C(C)(C)c2ccccc2)c1. The van der Waals surface area contributed by atoms with Gasteiger partial charge in [-0.1, -0.05) is 42.5 Å². The van der Waals surface area contributed by atoms with Gasteiger partial charge in [-0.2, -0.15) is 0 Å². The number of hydrogen-bond acceptors (Lipinski definition) is 3. The molecule has 0 atom stereocenters. The van der Waals surface area contributed by atoms with E-state index in [-0.39, 0.29) is 23.9 Å². The molecule has 0 bridgehead atoms. The van der Waals surface area contributed by atoms with E-state index >= 15 is 0 Å². The minimum Gasteiger partial charge on any atom is -0.354 e. The van der Waals surface area contributed by atoms with E-state index in [1.54, 1.807) is 19.1 Å². The summed E-state index contributed by atoms with van der Waals surface area (Å²) in [5.41, 5.74) is 1.80. The molecule has 0 fully saturated rings. The second-order valence-electron chi connectivity index (χ2n) is 6.91. The Hall–Kier alpha value is -2.18. The number of rotatable bonds is 7. The Labute approximate surface area is 155 Å². The van der Waals surface area contributed by atoms with E-state index in [1.165, 1.54) is 0 Å². The summed E-state index contributed by atoms with van der Waals surface area (Å²) >= 11 is 0. The minimum atomic E-state index is -3.60. The van der Waals surface area contributed by atoms with Crippen molar-refractivity contribution in [2.75, 3.05) is 13.1 Å². The molecule has 5 nitrogen and oxygen atoms in total. The normalized spacial score (nSPS) is 12.0. The van der Waals surface area contributed by atoms with Crippen LogP contribution in [0.3, 0.4) is 0 Å². The van der Waals surface area contributed by atoms with Crippen LogP contribution in [-0.2, 0) is 20.2 Å². The lowest BCUT2D eigenvalue weighted by atomic mass is 9.84. The largest absolute Gasteiger partial charge is 0.354 e. The second kappa shape index (κ2) is 8.01. The highest BCUT2D eigenvalue weighted by molar-refractivity contribution is 7.89. The van der Waals surface area contributed by atoms with Crippen LogP contribution in [0.25, 0.3) is 0 Å². The first-order chi connectivity index (χ1) is 12.1. The van der Waals surface area contributed by atoms with Crippen LogP contribution in [0.4, 0.5) is 0 Å². The molecule has 6 heteroatoms. The summed E-state index contributed by atoms with van der Waals surface area (Å²) in [5, 5.41) is 2.81. The molecule has 0 saturated carbocycles. The Morgan fingerprint density at radius 2 is 1.65 bits per heavy atom. The number of sulfonamides is 1. The Kier molecular flexibility index (Phi) is 6.21. The average Bonchev–Trinajstić information content (AvgIpc) is 2.61. The van der Waals surface area contributed by atoms with Crippen molar-refractivity contribution in [2.45, 2.75) is 38.0 Å². The van der Waals surface area contributed by atoms with Crippen molar-refractivity contribution in [3.63, 3.8) is 0 Å². The third-order valence-corrected chi connectivity index (χ3v) is 6.00. The monoisotopic (exact) mass is 374 g/mol. The maximum absolute atomic E-state index is 12.5. The third-order valence-electron chi connectivity index (χ3n) is 4.40. The van der Waals surface area contributed by atoms with Crippen LogP contribution in [0.15, 0.2) is 53.4 Å². The zero-order valence-electron chi connectivity index (χ0n) is 15.7. The van der Waals surface area contributed by atoms with E-state index in [4.69, 9.17) is 0 Å². The fourth-order valence-electron chi connectivity index (χ4n) is 2.64. The van der Waals surface area contributed by atoms with Crippen LogP contribution in [0.2, 0.25) is 0 Å². The van der Waals surface area contributed by atoms with Crippen LogP contribution in [0.5, 0.6) is 0 Å². The topological polar surface area (TPSA) is 75.3 Å². The number of carbonyl (C=O) groups is 1. The molecule has 0 heterocycles. The Bertz CT molecular complexity index is 875. The van der Waals surface area contributed by atoms with Gasteiger partial charge in [0.1, 0.15) is 0 Å². The molecule has 0 aliphatic heterocycles. The molecule has 0 saturated heterocycles. The molecular weight excluding hydrogens is 348 g/mol. The van der Waals surface area contributed by atoms with E-state index in [1.807, 2.05) is 57.2 Å². The molecule has 2 aromatic carbocycles. The van der Waals surface area contributed by atoms with Gasteiger partial charge in [-0.05, 0) is 50.5 Å². The van der Waals surface area contributed by atoms with Gasteiger partial charge in [-0.15, -0.1) is 0 Å². The number of nitrogens with one attached hydrogen (secondary N) is 2. The lowest BCUT2D eigenvalue weighted by Crippen LogP contribution is -2.43. The maximum Gasteiger partial charge on any atom is 0.240 e. The third kappa shape index (κ3) is 4.71. The highest BCUT2D eigenvalue weighted by atomic mass is 32.2. The van der Waals surface area contributed by atoms with Gasteiger partial charge in [0.05, 0.1) is 10.3 Å². The van der Waals surface area contributed by atoms with Crippen LogP contribution in [-0.4, -0.2) is 27.4 Å². The quantitative estimate of drug-likeness (QED) is 0.732. The highest BCUT2D eigenvalue weighted by Crippen LogP contribution is 2.22. The van der Waals surface area contributed by atoms with Gasteiger partial charge in [-0.3, -0.25) is 4.79 Å². The van der Waals surface area contributed by atoms with E-state index in [0.717, 1.165) is 11.1 Å². The predicted molar refractivity (Wildman–Crippen MR) is 104 cm³/mol. The van der Waals surface area contributed by atoms with E-state index in [9.17, 15) is 13.2 Å². The standard InChI is InChI=1S/C20H26N2O3S/c1-15-10-11-16(2)18(14-15)26(24,25)22-13-12-21-19(23)20(3,4)17-8-6-5-7-9-17/h5-11,14,22H,12-13H2,1-4H3,(H,21,23). The number of amides is 1. The molecule has 2 rings (SSSR count). The van der Waals surface area contributed by atoms with Crippen molar-refractivity contribution in [3.05, 3.63) is 65.2 Å². The summed E-state index contributed by atoms with van der Waals surface area (Å²) in [6.45, 7) is 7.66. The molecule has 0 unspecified atom stereocenters. The van der Waals surface area contributed by atoms with Crippen molar-refractivity contribution in [2.24, 2.45) is 0 Å². The highest BCUT2D eigenvalue weighted by Gasteiger charge is 2.29. The molecule has 0 aliphatic carbocycles. The Balaban J connectivity index is 1.94. The van der Waals surface area contributed by atoms with Gasteiger partial charge in [0.25, 0.3) is 0 Å². The fourth-order valence-corrected chi connectivity index (χ4v) is 4.00. The second-order valence-corrected chi connectivity index (χ2v) is 8.65. The van der Waals surface area contributed by atoms with Crippen molar-refractivity contribution in [1.29, 1.82) is 0 Å². The summed E-state index contributed by atoms with van der Waals surface area (Å²) < 4.78 is 27.4. The zero-order valence-corrected chi connectivity index (χ0v) is 16.5. The van der Waals surface area contributed by atoms with Gasteiger partial charge in [0, 0.05) is 13.1 Å². The minimum absolute atomic E-state index is 0.131. The van der Waals surface area contributed by atoms with Crippen molar-refractivity contribution in [1.82, 2.24) is 10.0 Å². The van der Waals surface area contributed by atoms with Crippen LogP contribution in [0, 0.1) is 13.8 Å². The Morgan fingerprint density at radius 1 is 1.00 bits per heavy atom. The summed E-state index contributed by atoms with van der Waals surface area (Å²) in [6.07, 6.45) is 0. The number of carbonyl (C=O) groups excluding carboxylic acids is 1. The first-order valence-corrected chi connectivity index (χ1v) is 10.0. The molecule has 1 amide bonds. The van der Waals surface area contributed by atoms with Crippen LogP contribution < -0.4 is 10.0 Å². The molecule has 0 radical (unpaired) electrons. The lowest BCUT2D eigenvalue weighted by molar-refractivity contribution is -0.125. The molecule has 26 heavy (non-hydrogen) atoms. The van der Waals surface area contributed by atoms with Crippen molar-refractivity contribution >= 4 is 15.9 Å². The van der Waals surface area contributed by atoms with Gasteiger partial charge < -0.3 is 5.32 Å². The molecule has 0 spiro atoms. The summed E-state index contributed by atoms with van der Waals surface area (Å²) in [4.78, 5) is 12.7. The number of benzene rings is 2. The zero-order chi connectivity index (χ0) is 19.4. The van der Waals surface area contributed by atoms with Gasteiger partial charge in [-0.25, -0.2) is 13.1 Å². The van der Waals surface area contributed by atoms with E-state index < -0.39 is 15.4 Å². The lowest BCUT2D eigenvalue weighted by Gasteiger charge is -2.24. The van der Waals surface area contributed by atoms with Crippen molar-refractivity contribution in [3.8, 4) is 0 Å². The van der Waals surface area contributed by atoms with Gasteiger partial charge in [0.15, 0.2) is 0 Å². The Morgan fingerprint density at radius 3 is 2.31 bits per heavy atom. The first kappa shape index (κ1) is 20.1. The van der Waals surface area contributed by atoms with Crippen LogP contribution in [0.1, 0.15) is 30.5 Å². The smallest absolute Gasteiger partial charge is 0.240 e. The average molecular weight is 375 g/mol. The van der Waals surface area contributed by atoms with Gasteiger partial charge in [0.2, 0.25) is 15.9 Å². The van der Waals surface area contributed by atoms with Gasteiger partial charge >= 0.3 is 0 Å². The van der Waals surface area contributed by atoms with E-state index in [0.29, 0.717) is 5.56 Å². The molecule has 2 N–H and O–H groups in total. The maximum atomic E-state index is 12.5. The molecular formula is C20H26N2O3S. The van der Waals surface area contributed by atoms with E-state index in [2.05, 4.69) is 10.0 Å². The molecule has 0 aromatic heterocycles. The predicted octanol–water partition coefficient (Wildman–Crippen LogP) is 2.68. The summed E-state index contributed by atoms with van der Waals surface area (Å²) in [7, 11) is -3.60. The molecule has 0 aliphatic rings. The first-order valence-electron chi connectivity index (χ1n) is 8.55. The fraction of sp³-hybridized carbons (Fsp3) is 0.350. The van der Waals surface area contributed by atoms with Crippen LogP contribution >= 0.6 is 0 Å². The summed E-state index contributed by atoms with van der Waals surface area (Å²) in [5.74, 6) is -0.144. The molecule has 2 aromatic rings.